The van der Waals surface area contributed by atoms with Crippen LogP contribution in [0.1, 0.15) is 19.1 Å². The summed E-state index contributed by atoms with van der Waals surface area (Å²) >= 11 is 0. The smallest absolute Gasteiger partial charge is 0.400 e. The highest BCUT2D eigenvalue weighted by Crippen LogP contribution is 2.22. The Balaban J connectivity index is 1.83. The molecule has 0 radical (unpaired) electrons. The number of amides is 1. The molecule has 1 aromatic rings. The first-order valence-electron chi connectivity index (χ1n) is 5.82. The quantitative estimate of drug-likeness (QED) is 0.485. The van der Waals surface area contributed by atoms with Gasteiger partial charge in [-0.3, -0.25) is 14.9 Å². The van der Waals surface area contributed by atoms with Crippen LogP contribution in [-0.4, -0.2) is 36.0 Å². The molecule has 1 aliphatic heterocycles. The minimum atomic E-state index is -0.928. The van der Waals surface area contributed by atoms with E-state index in [1.807, 2.05) is 0 Å². The summed E-state index contributed by atoms with van der Waals surface area (Å²) in [6, 6.07) is 2.57. The van der Waals surface area contributed by atoms with Crippen molar-refractivity contribution in [3.63, 3.8) is 0 Å². The van der Waals surface area contributed by atoms with E-state index in [-0.39, 0.29) is 12.2 Å². The standard InChI is InChI=1S/C11H13N3O6/c1-11(18-4-5-19-11)6-9(15)13-12-7-8-2-3-10(20-8)14(16)17/h2-3,7H,4-6H2,1H3,(H,13,15)/b12-7-. The summed E-state index contributed by atoms with van der Waals surface area (Å²) in [7, 11) is 0. The molecule has 0 spiro atoms. The van der Waals surface area contributed by atoms with Crippen LogP contribution in [0.3, 0.4) is 0 Å². The average Bonchev–Trinajstić information content (AvgIpc) is 2.98. The number of hydrazone groups is 1. The van der Waals surface area contributed by atoms with Gasteiger partial charge in [0.1, 0.15) is 4.92 Å². The summed E-state index contributed by atoms with van der Waals surface area (Å²) in [4.78, 5) is 21.3. The minimum Gasteiger partial charge on any atom is -0.400 e. The van der Waals surface area contributed by atoms with Crippen molar-refractivity contribution < 1.29 is 23.6 Å². The molecule has 108 valence electrons. The molecule has 1 aromatic heterocycles. The third kappa shape index (κ3) is 3.62. The van der Waals surface area contributed by atoms with Crippen LogP contribution in [0.5, 0.6) is 0 Å². The molecule has 1 saturated heterocycles. The van der Waals surface area contributed by atoms with Crippen molar-refractivity contribution in [1.29, 1.82) is 0 Å². The van der Waals surface area contributed by atoms with Gasteiger partial charge in [0.05, 0.1) is 31.9 Å². The van der Waals surface area contributed by atoms with Gasteiger partial charge in [-0.1, -0.05) is 0 Å². The monoisotopic (exact) mass is 283 g/mol. The first kappa shape index (κ1) is 14.2. The molecular formula is C11H13N3O6. The number of carbonyl (C=O) groups is 1. The second-order valence-electron chi connectivity index (χ2n) is 4.23. The molecular weight excluding hydrogens is 270 g/mol. The molecule has 0 saturated carbocycles. The van der Waals surface area contributed by atoms with Crippen LogP contribution in [0, 0.1) is 10.1 Å². The fraction of sp³-hybridized carbons (Fsp3) is 0.455. The van der Waals surface area contributed by atoms with Crippen molar-refractivity contribution >= 4 is 18.0 Å². The van der Waals surface area contributed by atoms with Gasteiger partial charge in [0.2, 0.25) is 5.91 Å². The Bertz CT molecular complexity index is 532. The summed E-state index contributed by atoms with van der Waals surface area (Å²) in [5.41, 5.74) is 2.26. The Morgan fingerprint density at radius 1 is 1.55 bits per heavy atom. The second kappa shape index (κ2) is 5.80. The first-order valence-corrected chi connectivity index (χ1v) is 5.82. The van der Waals surface area contributed by atoms with Gasteiger partial charge in [0.15, 0.2) is 11.5 Å². The topological polar surface area (TPSA) is 116 Å². The first-order chi connectivity index (χ1) is 9.48. The molecule has 2 heterocycles. The largest absolute Gasteiger partial charge is 0.433 e. The van der Waals surface area contributed by atoms with E-state index in [1.54, 1.807) is 6.92 Å². The SMILES string of the molecule is CC1(CC(=O)N/N=C\c2ccc([N+](=O)[O-])o2)OCCO1. The number of nitrogens with one attached hydrogen (secondary N) is 1. The van der Waals surface area contributed by atoms with E-state index in [0.29, 0.717) is 13.2 Å². The molecule has 0 aliphatic carbocycles. The maximum Gasteiger partial charge on any atom is 0.433 e. The van der Waals surface area contributed by atoms with Crippen LogP contribution in [0.15, 0.2) is 21.7 Å². The van der Waals surface area contributed by atoms with E-state index in [0.717, 1.165) is 0 Å². The summed E-state index contributed by atoms with van der Waals surface area (Å²) in [6.07, 6.45) is 1.17. The van der Waals surface area contributed by atoms with Gasteiger partial charge in [-0.15, -0.1) is 0 Å². The van der Waals surface area contributed by atoms with E-state index in [2.05, 4.69) is 10.5 Å². The molecule has 0 aromatic carbocycles. The predicted octanol–water partition coefficient (Wildman–Crippen LogP) is 0.791. The lowest BCUT2D eigenvalue weighted by molar-refractivity contribution is -0.402. The van der Waals surface area contributed by atoms with Crippen molar-refractivity contribution in [1.82, 2.24) is 5.43 Å². The van der Waals surface area contributed by atoms with Crippen LogP contribution in [0.4, 0.5) is 5.88 Å². The third-order valence-electron chi connectivity index (χ3n) is 2.55. The van der Waals surface area contributed by atoms with E-state index in [4.69, 9.17) is 13.9 Å². The highest BCUT2D eigenvalue weighted by molar-refractivity contribution is 5.80. The Morgan fingerprint density at radius 3 is 2.85 bits per heavy atom. The predicted molar refractivity (Wildman–Crippen MR) is 66.0 cm³/mol. The third-order valence-corrected chi connectivity index (χ3v) is 2.55. The molecule has 9 nitrogen and oxygen atoms in total. The molecule has 1 amide bonds. The Labute approximate surface area is 113 Å². The van der Waals surface area contributed by atoms with Gasteiger partial charge < -0.3 is 13.9 Å². The van der Waals surface area contributed by atoms with Gasteiger partial charge in [-0.2, -0.15) is 5.10 Å². The molecule has 20 heavy (non-hydrogen) atoms. The lowest BCUT2D eigenvalue weighted by atomic mass is 10.2. The van der Waals surface area contributed by atoms with Gasteiger partial charge >= 0.3 is 5.88 Å². The normalized spacial score (nSPS) is 17.4. The highest BCUT2D eigenvalue weighted by Gasteiger charge is 2.33. The van der Waals surface area contributed by atoms with E-state index in [1.165, 1.54) is 18.3 Å². The zero-order valence-electron chi connectivity index (χ0n) is 10.7. The molecule has 1 fully saturated rings. The molecule has 0 bridgehead atoms. The number of carbonyl (C=O) groups excluding carboxylic acids is 1. The van der Waals surface area contributed by atoms with E-state index in [9.17, 15) is 14.9 Å². The maximum atomic E-state index is 11.6. The molecule has 1 N–H and O–H groups in total. The average molecular weight is 283 g/mol. The van der Waals surface area contributed by atoms with Crippen LogP contribution >= 0.6 is 0 Å². The fourth-order valence-corrected chi connectivity index (χ4v) is 1.67. The number of nitrogens with zero attached hydrogens (tertiary/aromatic N) is 2. The number of rotatable bonds is 5. The van der Waals surface area contributed by atoms with Crippen LogP contribution in [0.2, 0.25) is 0 Å². The Morgan fingerprint density at radius 2 is 2.25 bits per heavy atom. The highest BCUT2D eigenvalue weighted by atomic mass is 16.7. The number of nitro groups is 1. The summed E-state index contributed by atoms with van der Waals surface area (Å²) in [5.74, 6) is -1.55. The molecule has 0 unspecified atom stereocenters. The lowest BCUT2D eigenvalue weighted by Crippen LogP contribution is -2.33. The van der Waals surface area contributed by atoms with Crippen molar-refractivity contribution in [3.8, 4) is 0 Å². The number of hydrogen-bond donors (Lipinski definition) is 1. The zero-order valence-corrected chi connectivity index (χ0v) is 10.7. The summed E-state index contributed by atoms with van der Waals surface area (Å²) < 4.78 is 15.4. The van der Waals surface area contributed by atoms with Crippen molar-refractivity contribution in [2.75, 3.05) is 13.2 Å². The van der Waals surface area contributed by atoms with Crippen molar-refractivity contribution in [3.05, 3.63) is 28.0 Å². The van der Waals surface area contributed by atoms with Gasteiger partial charge in [-0.25, -0.2) is 5.43 Å². The Kier molecular flexibility index (Phi) is 4.11. The molecule has 2 rings (SSSR count). The van der Waals surface area contributed by atoms with Crippen molar-refractivity contribution in [2.24, 2.45) is 5.10 Å². The van der Waals surface area contributed by atoms with Crippen LogP contribution < -0.4 is 5.43 Å². The van der Waals surface area contributed by atoms with Crippen molar-refractivity contribution in [2.45, 2.75) is 19.1 Å². The van der Waals surface area contributed by atoms with Crippen LogP contribution in [0.25, 0.3) is 0 Å². The Hall–Kier alpha value is -2.26. The fourth-order valence-electron chi connectivity index (χ4n) is 1.67. The van der Waals surface area contributed by atoms with E-state index < -0.39 is 22.5 Å². The lowest BCUT2D eigenvalue weighted by Gasteiger charge is -2.20. The zero-order chi connectivity index (χ0) is 14.6. The molecule has 1 aliphatic rings. The second-order valence-corrected chi connectivity index (χ2v) is 4.23. The van der Waals surface area contributed by atoms with Crippen LogP contribution in [-0.2, 0) is 14.3 Å². The maximum absolute atomic E-state index is 11.6. The molecule has 0 atom stereocenters. The van der Waals surface area contributed by atoms with Gasteiger partial charge in [0, 0.05) is 0 Å². The molecule has 9 heteroatoms. The summed E-state index contributed by atoms with van der Waals surface area (Å²) in [6.45, 7) is 2.56. The summed E-state index contributed by atoms with van der Waals surface area (Å²) in [5, 5.41) is 14.0. The van der Waals surface area contributed by atoms with E-state index >= 15 is 0 Å². The van der Waals surface area contributed by atoms with Gasteiger partial charge in [-0.05, 0) is 13.0 Å². The minimum absolute atomic E-state index is 0.00262. The number of ether oxygens (including phenoxy) is 2. The number of hydrogen-bond acceptors (Lipinski definition) is 7. The van der Waals surface area contributed by atoms with Gasteiger partial charge in [0.25, 0.3) is 0 Å². The number of furan rings is 1.